The zero-order chi connectivity index (χ0) is 17.0. The largest absolute Gasteiger partial charge is 0.353 e. The van der Waals surface area contributed by atoms with Crippen LogP contribution in [0, 0.1) is 0 Å². The number of nitrogens with one attached hydrogen (secondary N) is 1. The molecule has 1 aromatic carbocycles. The van der Waals surface area contributed by atoms with Crippen molar-refractivity contribution in [2.45, 2.75) is 26.4 Å². The Morgan fingerprint density at radius 3 is 2.74 bits per heavy atom. The maximum Gasteiger partial charge on any atom is 0.234 e. The third-order valence-corrected chi connectivity index (χ3v) is 4.61. The van der Waals surface area contributed by atoms with Crippen LogP contribution in [0.1, 0.15) is 18.9 Å². The van der Waals surface area contributed by atoms with Crippen molar-refractivity contribution >= 4 is 40.4 Å². The minimum atomic E-state index is 0.0174. The summed E-state index contributed by atoms with van der Waals surface area (Å²) in [7, 11) is 1.90. The fourth-order valence-electron chi connectivity index (χ4n) is 2.07. The zero-order valence-corrected chi connectivity index (χ0v) is 15.6. The topological polar surface area (TPSA) is 45.2 Å². The van der Waals surface area contributed by atoms with Crippen molar-refractivity contribution in [3.8, 4) is 11.3 Å². The molecule has 0 aliphatic rings. The summed E-state index contributed by atoms with van der Waals surface area (Å²) in [6.07, 6.45) is 0. The van der Waals surface area contributed by atoms with Crippen molar-refractivity contribution in [3.05, 3.63) is 38.6 Å². The lowest BCUT2D eigenvalue weighted by atomic mass is 10.2. The van der Waals surface area contributed by atoms with Gasteiger partial charge >= 0.3 is 0 Å². The molecule has 1 amide bonds. The third-order valence-electron chi connectivity index (χ3n) is 3.04. The van der Waals surface area contributed by atoms with Crippen molar-refractivity contribution in [1.29, 1.82) is 0 Å². The van der Waals surface area contributed by atoms with E-state index < -0.39 is 0 Å². The van der Waals surface area contributed by atoms with E-state index in [0.717, 1.165) is 16.3 Å². The van der Waals surface area contributed by atoms with Gasteiger partial charge in [-0.3, -0.25) is 9.69 Å². The van der Waals surface area contributed by atoms with Crippen LogP contribution in [0.5, 0.6) is 0 Å². The number of rotatable bonds is 6. The van der Waals surface area contributed by atoms with Gasteiger partial charge in [-0.2, -0.15) is 0 Å². The van der Waals surface area contributed by atoms with E-state index in [2.05, 4.69) is 10.3 Å². The first kappa shape index (κ1) is 18.2. The smallest absolute Gasteiger partial charge is 0.234 e. The molecule has 7 heteroatoms. The number of hydrogen-bond donors (Lipinski definition) is 1. The lowest BCUT2D eigenvalue weighted by Gasteiger charge is -2.16. The van der Waals surface area contributed by atoms with E-state index in [0.29, 0.717) is 23.1 Å². The molecule has 2 aromatic rings. The lowest BCUT2D eigenvalue weighted by Crippen LogP contribution is -2.38. The molecule has 0 fully saturated rings. The van der Waals surface area contributed by atoms with Crippen molar-refractivity contribution in [3.63, 3.8) is 0 Å². The summed E-state index contributed by atoms with van der Waals surface area (Å²) in [6.45, 7) is 4.86. The molecule has 4 nitrogen and oxygen atoms in total. The molecule has 0 radical (unpaired) electrons. The third kappa shape index (κ3) is 5.46. The molecule has 0 aliphatic heterocycles. The van der Waals surface area contributed by atoms with Crippen LogP contribution >= 0.6 is 34.5 Å². The van der Waals surface area contributed by atoms with Crippen LogP contribution in [-0.4, -0.2) is 35.4 Å². The van der Waals surface area contributed by atoms with E-state index in [9.17, 15) is 4.79 Å². The highest BCUT2D eigenvalue weighted by Gasteiger charge is 2.11. The van der Waals surface area contributed by atoms with Crippen LogP contribution in [0.2, 0.25) is 10.0 Å². The molecule has 124 valence electrons. The summed E-state index contributed by atoms with van der Waals surface area (Å²) in [5.41, 5.74) is 1.80. The molecule has 23 heavy (non-hydrogen) atoms. The average Bonchev–Trinajstić information content (AvgIpc) is 2.89. The molecule has 0 unspecified atom stereocenters. The van der Waals surface area contributed by atoms with E-state index in [-0.39, 0.29) is 11.9 Å². The second kappa shape index (κ2) is 8.11. The Morgan fingerprint density at radius 1 is 1.35 bits per heavy atom. The molecule has 0 aliphatic carbocycles. The van der Waals surface area contributed by atoms with Crippen LogP contribution in [0.15, 0.2) is 23.6 Å². The number of aromatic nitrogens is 1. The van der Waals surface area contributed by atoms with Gasteiger partial charge in [-0.25, -0.2) is 4.98 Å². The van der Waals surface area contributed by atoms with Gasteiger partial charge in [-0.05, 0) is 33.0 Å². The van der Waals surface area contributed by atoms with Gasteiger partial charge in [-0.1, -0.05) is 29.3 Å². The number of halogens is 2. The van der Waals surface area contributed by atoms with Gasteiger partial charge in [-0.15, -0.1) is 11.3 Å². The van der Waals surface area contributed by atoms with E-state index in [1.54, 1.807) is 17.4 Å². The summed E-state index contributed by atoms with van der Waals surface area (Å²) >= 11 is 13.5. The molecular weight excluding hydrogens is 353 g/mol. The van der Waals surface area contributed by atoms with E-state index in [1.807, 2.05) is 43.3 Å². The minimum Gasteiger partial charge on any atom is -0.353 e. The van der Waals surface area contributed by atoms with Crippen LogP contribution in [-0.2, 0) is 11.3 Å². The highest BCUT2D eigenvalue weighted by molar-refractivity contribution is 7.09. The Morgan fingerprint density at radius 2 is 2.09 bits per heavy atom. The number of benzene rings is 1. The fraction of sp³-hybridized carbons (Fsp3) is 0.375. The monoisotopic (exact) mass is 371 g/mol. The number of hydrogen-bond acceptors (Lipinski definition) is 4. The molecule has 1 heterocycles. The van der Waals surface area contributed by atoms with E-state index >= 15 is 0 Å². The molecular formula is C16H19Cl2N3OS. The van der Waals surface area contributed by atoms with Crippen LogP contribution in [0.4, 0.5) is 0 Å². The van der Waals surface area contributed by atoms with Gasteiger partial charge in [0.1, 0.15) is 5.01 Å². The van der Waals surface area contributed by atoms with Crippen LogP contribution < -0.4 is 5.32 Å². The average molecular weight is 372 g/mol. The van der Waals surface area contributed by atoms with Crippen molar-refractivity contribution in [2.75, 3.05) is 13.6 Å². The first-order valence-corrected chi connectivity index (χ1v) is 8.86. The predicted molar refractivity (Wildman–Crippen MR) is 97.2 cm³/mol. The van der Waals surface area contributed by atoms with Gasteiger partial charge in [0.15, 0.2) is 0 Å². The van der Waals surface area contributed by atoms with E-state index in [1.165, 1.54) is 0 Å². The minimum absolute atomic E-state index is 0.0174. The summed E-state index contributed by atoms with van der Waals surface area (Å²) in [4.78, 5) is 18.3. The van der Waals surface area contributed by atoms with Gasteiger partial charge in [0.25, 0.3) is 0 Å². The molecule has 0 atom stereocenters. The molecule has 0 saturated carbocycles. The standard InChI is InChI=1S/C16H19Cl2N3OS/c1-10(2)19-15(22)7-21(3)8-16-20-14(9-23-16)11-4-5-12(17)13(18)6-11/h4-6,9-10H,7-8H2,1-3H3,(H,19,22). The molecule has 1 aromatic heterocycles. The zero-order valence-electron chi connectivity index (χ0n) is 13.3. The number of carbonyl (C=O) groups is 1. The van der Waals surface area contributed by atoms with Gasteiger partial charge in [0.05, 0.1) is 28.8 Å². The van der Waals surface area contributed by atoms with Gasteiger partial charge in [0.2, 0.25) is 5.91 Å². The van der Waals surface area contributed by atoms with Crippen molar-refractivity contribution in [1.82, 2.24) is 15.2 Å². The summed E-state index contributed by atoms with van der Waals surface area (Å²) in [5.74, 6) is 0.0174. The summed E-state index contributed by atoms with van der Waals surface area (Å²) in [5, 5.41) is 6.85. The molecule has 0 saturated heterocycles. The maximum atomic E-state index is 11.8. The Kier molecular flexibility index (Phi) is 6.41. The Bertz CT molecular complexity index is 688. The Hall–Kier alpha value is -1.14. The number of carbonyl (C=O) groups excluding carboxylic acids is 1. The first-order valence-electron chi connectivity index (χ1n) is 7.23. The molecule has 0 bridgehead atoms. The highest BCUT2D eigenvalue weighted by atomic mass is 35.5. The van der Waals surface area contributed by atoms with Gasteiger partial charge in [0, 0.05) is 17.0 Å². The van der Waals surface area contributed by atoms with E-state index in [4.69, 9.17) is 23.2 Å². The van der Waals surface area contributed by atoms with Crippen LogP contribution in [0.25, 0.3) is 11.3 Å². The molecule has 0 spiro atoms. The summed E-state index contributed by atoms with van der Waals surface area (Å²) in [6, 6.07) is 5.62. The van der Waals surface area contributed by atoms with Crippen molar-refractivity contribution in [2.24, 2.45) is 0 Å². The lowest BCUT2D eigenvalue weighted by molar-refractivity contribution is -0.122. The predicted octanol–water partition coefficient (Wildman–Crippen LogP) is 4.07. The molecule has 2 rings (SSSR count). The first-order chi connectivity index (χ1) is 10.8. The SMILES string of the molecule is CC(C)NC(=O)CN(C)Cc1nc(-c2ccc(Cl)c(Cl)c2)cs1. The normalized spacial score (nSPS) is 11.3. The second-order valence-corrected chi connectivity index (χ2v) is 7.41. The number of amides is 1. The number of likely N-dealkylation sites (N-methyl/N-ethyl adjacent to an activating group) is 1. The molecule has 1 N–H and O–H groups in total. The summed E-state index contributed by atoms with van der Waals surface area (Å²) < 4.78 is 0. The quantitative estimate of drug-likeness (QED) is 0.831. The highest BCUT2D eigenvalue weighted by Crippen LogP contribution is 2.29. The number of thiazole rings is 1. The van der Waals surface area contributed by atoms with Crippen molar-refractivity contribution < 1.29 is 4.79 Å². The van der Waals surface area contributed by atoms with Crippen LogP contribution in [0.3, 0.4) is 0 Å². The number of nitrogens with zero attached hydrogens (tertiary/aromatic N) is 2. The Labute approximate surface area is 150 Å². The van der Waals surface area contributed by atoms with Gasteiger partial charge < -0.3 is 5.32 Å². The Balaban J connectivity index is 1.99. The fourth-order valence-corrected chi connectivity index (χ4v) is 3.25. The maximum absolute atomic E-state index is 11.8. The second-order valence-electron chi connectivity index (χ2n) is 5.65.